The summed E-state index contributed by atoms with van der Waals surface area (Å²) < 4.78 is 6.50. The summed E-state index contributed by atoms with van der Waals surface area (Å²) in [6.45, 7) is 0. The smallest absolute Gasteiger partial charge is 0.280 e. The summed E-state index contributed by atoms with van der Waals surface area (Å²) in [5.41, 5.74) is 1.37. The third-order valence-electron chi connectivity index (χ3n) is 4.05. The van der Waals surface area contributed by atoms with Crippen LogP contribution in [0.15, 0.2) is 53.5 Å². The molecule has 0 saturated heterocycles. The molecule has 25 heavy (non-hydrogen) atoms. The molecule has 0 spiro atoms. The normalized spacial score (nSPS) is 11.1. The first-order chi connectivity index (χ1) is 12.1. The fourth-order valence-electron chi connectivity index (χ4n) is 2.77. The zero-order chi connectivity index (χ0) is 17.6. The van der Waals surface area contributed by atoms with Gasteiger partial charge in [0, 0.05) is 23.7 Å². The molecule has 0 atom stereocenters. The predicted molar refractivity (Wildman–Crippen MR) is 92.4 cm³/mol. The van der Waals surface area contributed by atoms with Crippen molar-refractivity contribution in [3.8, 4) is 11.4 Å². The van der Waals surface area contributed by atoms with Crippen LogP contribution < -0.4 is 10.3 Å². The first-order valence-corrected chi connectivity index (χ1v) is 7.41. The number of aromatic nitrogens is 3. The van der Waals surface area contributed by atoms with E-state index in [0.29, 0.717) is 33.2 Å². The van der Waals surface area contributed by atoms with Gasteiger partial charge in [-0.1, -0.05) is 0 Å². The van der Waals surface area contributed by atoms with E-state index in [1.807, 2.05) is 0 Å². The van der Waals surface area contributed by atoms with E-state index in [4.69, 9.17) is 4.74 Å². The Morgan fingerprint density at radius 2 is 1.92 bits per heavy atom. The number of nitrogens with one attached hydrogen (secondary N) is 1. The molecule has 0 aliphatic rings. The Morgan fingerprint density at radius 1 is 1.16 bits per heavy atom. The van der Waals surface area contributed by atoms with E-state index in [1.165, 1.54) is 23.0 Å². The molecule has 2 heterocycles. The lowest BCUT2D eigenvalue weighted by molar-refractivity contribution is -0.384. The number of benzene rings is 2. The number of ether oxygens (including phenoxy) is 1. The number of nitro benzene ring substituents is 1. The predicted octanol–water partition coefficient (Wildman–Crippen LogP) is 2.78. The Labute approximate surface area is 140 Å². The van der Waals surface area contributed by atoms with Gasteiger partial charge >= 0.3 is 0 Å². The summed E-state index contributed by atoms with van der Waals surface area (Å²) in [6, 6.07) is 11.3. The molecular weight excluding hydrogens is 324 g/mol. The molecule has 0 unspecified atom stereocenters. The highest BCUT2D eigenvalue weighted by atomic mass is 16.6. The second-order valence-electron chi connectivity index (χ2n) is 5.46. The monoisotopic (exact) mass is 336 g/mol. The molecule has 0 saturated carbocycles. The minimum absolute atomic E-state index is 0.0557. The van der Waals surface area contributed by atoms with Crippen molar-refractivity contribution in [1.29, 1.82) is 0 Å². The van der Waals surface area contributed by atoms with Gasteiger partial charge in [0.25, 0.3) is 11.2 Å². The maximum absolute atomic E-state index is 12.7. The molecule has 2 aromatic heterocycles. The zero-order valence-corrected chi connectivity index (χ0v) is 13.1. The van der Waals surface area contributed by atoms with E-state index in [9.17, 15) is 14.9 Å². The molecule has 0 fully saturated rings. The molecule has 4 rings (SSSR count). The van der Waals surface area contributed by atoms with Gasteiger partial charge in [0.1, 0.15) is 5.75 Å². The number of nitro groups is 1. The number of fused-ring (bicyclic) bond motifs is 3. The van der Waals surface area contributed by atoms with Crippen molar-refractivity contribution in [2.45, 2.75) is 0 Å². The van der Waals surface area contributed by atoms with E-state index >= 15 is 0 Å². The van der Waals surface area contributed by atoms with Crippen molar-refractivity contribution < 1.29 is 9.66 Å². The Hall–Kier alpha value is -3.68. The van der Waals surface area contributed by atoms with Crippen molar-refractivity contribution in [2.24, 2.45) is 0 Å². The van der Waals surface area contributed by atoms with Crippen LogP contribution in [-0.4, -0.2) is 26.8 Å². The molecule has 1 N–H and O–H groups in total. The number of hydrogen-bond donors (Lipinski definition) is 1. The lowest BCUT2D eigenvalue weighted by Gasteiger charge is -2.03. The van der Waals surface area contributed by atoms with Crippen LogP contribution in [0.4, 0.5) is 5.69 Å². The van der Waals surface area contributed by atoms with E-state index < -0.39 is 4.92 Å². The molecular formula is C17H12N4O4. The van der Waals surface area contributed by atoms with Gasteiger partial charge in [0.15, 0.2) is 0 Å². The lowest BCUT2D eigenvalue weighted by atomic mass is 10.1. The van der Waals surface area contributed by atoms with Crippen molar-refractivity contribution in [3.63, 3.8) is 0 Å². The standard InChI is InChI=1S/C17H12N4O4/c1-25-12-5-2-10(3-6-12)20-17(22)14-9-18-15-7-4-11(21(23)24)8-13(15)16(14)19-20/h2-9,19H,1H3. The highest BCUT2D eigenvalue weighted by Gasteiger charge is 2.14. The fourth-order valence-corrected chi connectivity index (χ4v) is 2.77. The maximum Gasteiger partial charge on any atom is 0.280 e. The second-order valence-corrected chi connectivity index (χ2v) is 5.46. The molecule has 0 bridgehead atoms. The number of non-ortho nitro benzene ring substituents is 1. The molecule has 4 aromatic rings. The number of hydrogen-bond acceptors (Lipinski definition) is 5. The van der Waals surface area contributed by atoms with Crippen LogP contribution in [-0.2, 0) is 0 Å². The molecule has 0 radical (unpaired) electrons. The Kier molecular flexibility index (Phi) is 3.24. The summed E-state index contributed by atoms with van der Waals surface area (Å²) >= 11 is 0. The van der Waals surface area contributed by atoms with Crippen molar-refractivity contribution in [2.75, 3.05) is 7.11 Å². The molecule has 0 aliphatic carbocycles. The average Bonchev–Trinajstić information content (AvgIpc) is 2.98. The second kappa shape index (κ2) is 5.45. The van der Waals surface area contributed by atoms with Gasteiger partial charge in [0.2, 0.25) is 0 Å². The number of pyridine rings is 1. The van der Waals surface area contributed by atoms with Gasteiger partial charge in [-0.15, -0.1) is 0 Å². The van der Waals surface area contributed by atoms with Crippen LogP contribution >= 0.6 is 0 Å². The van der Waals surface area contributed by atoms with Gasteiger partial charge in [-0.05, 0) is 30.3 Å². The average molecular weight is 336 g/mol. The van der Waals surface area contributed by atoms with Crippen molar-refractivity contribution in [3.05, 3.63) is 69.1 Å². The molecule has 8 heteroatoms. The van der Waals surface area contributed by atoms with Crippen LogP contribution in [0.2, 0.25) is 0 Å². The topological polar surface area (TPSA) is 103 Å². The van der Waals surface area contributed by atoms with Gasteiger partial charge < -0.3 is 4.74 Å². The quantitative estimate of drug-likeness (QED) is 0.458. The molecule has 8 nitrogen and oxygen atoms in total. The van der Waals surface area contributed by atoms with Gasteiger partial charge in [-0.25, -0.2) is 4.68 Å². The van der Waals surface area contributed by atoms with Gasteiger partial charge in [0.05, 0.1) is 34.1 Å². The van der Waals surface area contributed by atoms with E-state index in [-0.39, 0.29) is 11.2 Å². The maximum atomic E-state index is 12.7. The summed E-state index contributed by atoms with van der Waals surface area (Å²) in [7, 11) is 1.56. The first-order valence-electron chi connectivity index (χ1n) is 7.41. The summed E-state index contributed by atoms with van der Waals surface area (Å²) in [5.74, 6) is 0.677. The summed E-state index contributed by atoms with van der Waals surface area (Å²) in [5, 5.41) is 14.9. The van der Waals surface area contributed by atoms with Crippen LogP contribution in [0.1, 0.15) is 0 Å². The Bertz CT molecular complexity index is 1180. The van der Waals surface area contributed by atoms with E-state index in [2.05, 4.69) is 10.1 Å². The Morgan fingerprint density at radius 3 is 2.60 bits per heavy atom. The third-order valence-corrected chi connectivity index (χ3v) is 4.05. The molecule has 0 aliphatic heterocycles. The zero-order valence-electron chi connectivity index (χ0n) is 13.1. The molecule has 124 valence electrons. The lowest BCUT2D eigenvalue weighted by Crippen LogP contribution is -2.14. The highest BCUT2D eigenvalue weighted by Crippen LogP contribution is 2.25. The molecule has 0 amide bonds. The van der Waals surface area contributed by atoms with Crippen LogP contribution in [0.5, 0.6) is 5.75 Å². The first kappa shape index (κ1) is 14.9. The van der Waals surface area contributed by atoms with E-state index in [1.54, 1.807) is 37.4 Å². The van der Waals surface area contributed by atoms with Crippen molar-refractivity contribution in [1.82, 2.24) is 14.8 Å². The minimum Gasteiger partial charge on any atom is -0.497 e. The van der Waals surface area contributed by atoms with Gasteiger partial charge in [-0.3, -0.25) is 25.0 Å². The molecule has 2 aromatic carbocycles. The number of H-pyrrole nitrogens is 1. The van der Waals surface area contributed by atoms with Crippen molar-refractivity contribution >= 4 is 27.5 Å². The number of rotatable bonds is 3. The number of methoxy groups -OCH3 is 1. The van der Waals surface area contributed by atoms with Crippen LogP contribution in [0, 0.1) is 10.1 Å². The highest BCUT2D eigenvalue weighted by molar-refractivity contribution is 6.03. The SMILES string of the molecule is COc1ccc(-n2[nH]c3c(cnc4ccc([N+](=O)[O-])cc43)c2=O)cc1. The Balaban J connectivity index is 1.99. The fraction of sp³-hybridized carbons (Fsp3) is 0.0588. The number of aromatic amines is 1. The minimum atomic E-state index is -0.475. The summed E-state index contributed by atoms with van der Waals surface area (Å²) in [4.78, 5) is 27.5. The van der Waals surface area contributed by atoms with E-state index in [0.717, 1.165) is 0 Å². The number of nitrogens with zero attached hydrogens (tertiary/aromatic N) is 3. The van der Waals surface area contributed by atoms with Crippen LogP contribution in [0.25, 0.3) is 27.5 Å². The summed E-state index contributed by atoms with van der Waals surface area (Å²) in [6.07, 6.45) is 1.47. The largest absolute Gasteiger partial charge is 0.497 e. The van der Waals surface area contributed by atoms with Crippen LogP contribution in [0.3, 0.4) is 0 Å². The third kappa shape index (κ3) is 2.31. The van der Waals surface area contributed by atoms with Gasteiger partial charge in [-0.2, -0.15) is 0 Å².